The molecule has 0 aliphatic carbocycles. The van der Waals surface area contributed by atoms with Crippen LogP contribution in [0.5, 0.6) is 0 Å². The summed E-state index contributed by atoms with van der Waals surface area (Å²) in [4.78, 5) is 0. The molecule has 19 heavy (non-hydrogen) atoms. The van der Waals surface area contributed by atoms with Crippen LogP contribution in [0.1, 0.15) is 18.1 Å². The van der Waals surface area contributed by atoms with Gasteiger partial charge in [-0.1, -0.05) is 47.5 Å². The van der Waals surface area contributed by atoms with Crippen LogP contribution in [0.25, 0.3) is 0 Å². The summed E-state index contributed by atoms with van der Waals surface area (Å²) in [5, 5.41) is 11.1. The van der Waals surface area contributed by atoms with Crippen LogP contribution >= 0.6 is 23.2 Å². The Kier molecular flexibility index (Phi) is 4.14. The molecule has 4 heteroatoms. The molecule has 100 valence electrons. The highest BCUT2D eigenvalue weighted by atomic mass is 35.5. The molecule has 0 fully saturated rings. The van der Waals surface area contributed by atoms with Crippen LogP contribution in [0.3, 0.4) is 0 Å². The SMILES string of the molecule is CC(O)(Cc1ccc(Cl)c(F)c1)c1ccccc1Cl. The summed E-state index contributed by atoms with van der Waals surface area (Å²) in [6.45, 7) is 1.65. The van der Waals surface area contributed by atoms with E-state index >= 15 is 0 Å². The van der Waals surface area contributed by atoms with Crippen molar-refractivity contribution in [3.05, 3.63) is 69.5 Å². The third kappa shape index (κ3) is 3.27. The van der Waals surface area contributed by atoms with E-state index in [1.54, 1.807) is 37.3 Å². The fourth-order valence-electron chi connectivity index (χ4n) is 2.04. The van der Waals surface area contributed by atoms with Gasteiger partial charge >= 0.3 is 0 Å². The first-order valence-corrected chi connectivity index (χ1v) is 6.57. The number of hydrogen-bond donors (Lipinski definition) is 1. The average molecular weight is 299 g/mol. The number of benzene rings is 2. The topological polar surface area (TPSA) is 20.2 Å². The fraction of sp³-hybridized carbons (Fsp3) is 0.200. The molecule has 0 amide bonds. The van der Waals surface area contributed by atoms with Crippen LogP contribution in [0.15, 0.2) is 42.5 Å². The van der Waals surface area contributed by atoms with Gasteiger partial charge in [0.15, 0.2) is 0 Å². The van der Waals surface area contributed by atoms with Gasteiger partial charge in [0.25, 0.3) is 0 Å². The lowest BCUT2D eigenvalue weighted by Gasteiger charge is -2.25. The van der Waals surface area contributed by atoms with Crippen LogP contribution in [0.4, 0.5) is 4.39 Å². The second-order valence-corrected chi connectivity index (χ2v) is 5.49. The molecule has 1 N–H and O–H groups in total. The van der Waals surface area contributed by atoms with Crippen molar-refractivity contribution < 1.29 is 9.50 Å². The maximum Gasteiger partial charge on any atom is 0.142 e. The minimum atomic E-state index is -1.17. The molecule has 0 saturated heterocycles. The minimum absolute atomic E-state index is 0.0705. The van der Waals surface area contributed by atoms with Crippen molar-refractivity contribution >= 4 is 23.2 Å². The van der Waals surface area contributed by atoms with Gasteiger partial charge in [-0.2, -0.15) is 0 Å². The van der Waals surface area contributed by atoms with Crippen molar-refractivity contribution in [1.82, 2.24) is 0 Å². The molecule has 0 aromatic heterocycles. The standard InChI is InChI=1S/C15H13Cl2FO/c1-15(19,11-4-2-3-5-12(11)16)9-10-6-7-13(17)14(18)8-10/h2-8,19H,9H2,1H3. The van der Waals surface area contributed by atoms with Gasteiger partial charge in [0.05, 0.1) is 10.6 Å². The Balaban J connectivity index is 2.31. The number of rotatable bonds is 3. The second kappa shape index (κ2) is 5.49. The molecule has 0 bridgehead atoms. The Morgan fingerprint density at radius 2 is 1.79 bits per heavy atom. The molecule has 0 heterocycles. The predicted molar refractivity (Wildman–Crippen MR) is 76.1 cm³/mol. The molecule has 0 aliphatic heterocycles. The van der Waals surface area contributed by atoms with Gasteiger partial charge in [-0.15, -0.1) is 0 Å². The van der Waals surface area contributed by atoms with Crippen molar-refractivity contribution in [2.45, 2.75) is 18.9 Å². The van der Waals surface area contributed by atoms with Crippen molar-refractivity contribution in [3.63, 3.8) is 0 Å². The van der Waals surface area contributed by atoms with E-state index in [4.69, 9.17) is 23.2 Å². The summed E-state index contributed by atoms with van der Waals surface area (Å²) in [5.41, 5.74) is 0.109. The van der Waals surface area contributed by atoms with Crippen molar-refractivity contribution in [2.75, 3.05) is 0 Å². The zero-order chi connectivity index (χ0) is 14.0. The number of hydrogen-bond acceptors (Lipinski definition) is 1. The highest BCUT2D eigenvalue weighted by Crippen LogP contribution is 2.31. The van der Waals surface area contributed by atoms with Crippen molar-refractivity contribution in [1.29, 1.82) is 0 Å². The van der Waals surface area contributed by atoms with E-state index in [-0.39, 0.29) is 11.4 Å². The maximum absolute atomic E-state index is 13.4. The van der Waals surface area contributed by atoms with Crippen LogP contribution in [0.2, 0.25) is 10.0 Å². The lowest BCUT2D eigenvalue weighted by Crippen LogP contribution is -2.24. The molecule has 0 radical (unpaired) electrons. The minimum Gasteiger partial charge on any atom is -0.385 e. The van der Waals surface area contributed by atoms with Gasteiger partial charge in [-0.3, -0.25) is 0 Å². The summed E-state index contributed by atoms with van der Waals surface area (Å²) < 4.78 is 13.4. The predicted octanol–water partition coefficient (Wildman–Crippen LogP) is 4.58. The third-order valence-corrected chi connectivity index (χ3v) is 3.62. The number of halogens is 3. The Labute approximate surface area is 121 Å². The van der Waals surface area contributed by atoms with Gasteiger partial charge in [0, 0.05) is 17.0 Å². The van der Waals surface area contributed by atoms with Gasteiger partial charge in [0.2, 0.25) is 0 Å². The second-order valence-electron chi connectivity index (χ2n) is 4.68. The van der Waals surface area contributed by atoms with Gasteiger partial charge < -0.3 is 5.11 Å². The molecule has 1 nitrogen and oxygen atoms in total. The molecule has 0 saturated carbocycles. The van der Waals surface area contributed by atoms with Crippen LogP contribution in [0, 0.1) is 5.82 Å². The first-order valence-electron chi connectivity index (χ1n) is 5.81. The summed E-state index contributed by atoms with van der Waals surface area (Å²) >= 11 is 11.7. The van der Waals surface area contributed by atoms with E-state index in [1.807, 2.05) is 0 Å². The summed E-state index contributed by atoms with van der Waals surface area (Å²) in [7, 11) is 0. The average Bonchev–Trinajstić information content (AvgIpc) is 2.34. The van der Waals surface area contributed by atoms with Crippen LogP contribution in [-0.2, 0) is 12.0 Å². The summed E-state index contributed by atoms with van der Waals surface area (Å²) in [6.07, 6.45) is 0.255. The summed E-state index contributed by atoms with van der Waals surface area (Å²) in [5.74, 6) is -0.492. The molecule has 2 rings (SSSR count). The monoisotopic (exact) mass is 298 g/mol. The van der Waals surface area contributed by atoms with Gasteiger partial charge in [0.1, 0.15) is 5.82 Å². The fourth-order valence-corrected chi connectivity index (χ4v) is 2.50. The lowest BCUT2D eigenvalue weighted by molar-refractivity contribution is 0.0577. The van der Waals surface area contributed by atoms with Crippen LogP contribution in [-0.4, -0.2) is 5.11 Å². The van der Waals surface area contributed by atoms with Gasteiger partial charge in [-0.05, 0) is 30.7 Å². The van der Waals surface area contributed by atoms with E-state index < -0.39 is 11.4 Å². The first-order chi connectivity index (χ1) is 8.90. The molecule has 1 atom stereocenters. The van der Waals surface area contributed by atoms with E-state index in [9.17, 15) is 9.50 Å². The Hall–Kier alpha value is -1.09. The molecular weight excluding hydrogens is 286 g/mol. The molecule has 1 unspecified atom stereocenters. The van der Waals surface area contributed by atoms with Crippen LogP contribution < -0.4 is 0 Å². The molecule has 2 aromatic rings. The largest absolute Gasteiger partial charge is 0.385 e. The highest BCUT2D eigenvalue weighted by molar-refractivity contribution is 6.31. The quantitative estimate of drug-likeness (QED) is 0.879. The van der Waals surface area contributed by atoms with Crippen molar-refractivity contribution in [3.8, 4) is 0 Å². The zero-order valence-electron chi connectivity index (χ0n) is 10.3. The Morgan fingerprint density at radius 1 is 1.11 bits per heavy atom. The zero-order valence-corrected chi connectivity index (χ0v) is 11.8. The maximum atomic E-state index is 13.4. The molecule has 0 aliphatic rings. The molecular formula is C15H13Cl2FO. The Bertz CT molecular complexity index is 596. The lowest BCUT2D eigenvalue weighted by atomic mass is 9.89. The number of aliphatic hydroxyl groups is 1. The third-order valence-electron chi connectivity index (χ3n) is 2.99. The van der Waals surface area contributed by atoms with E-state index in [2.05, 4.69) is 0 Å². The summed E-state index contributed by atoms with van der Waals surface area (Å²) in [6, 6.07) is 11.6. The van der Waals surface area contributed by atoms with E-state index in [1.165, 1.54) is 12.1 Å². The molecule has 0 spiro atoms. The smallest absolute Gasteiger partial charge is 0.142 e. The van der Waals surface area contributed by atoms with Gasteiger partial charge in [-0.25, -0.2) is 4.39 Å². The molecule has 2 aromatic carbocycles. The first kappa shape index (κ1) is 14.3. The van der Waals surface area contributed by atoms with Crippen molar-refractivity contribution in [2.24, 2.45) is 0 Å². The highest BCUT2D eigenvalue weighted by Gasteiger charge is 2.26. The van der Waals surface area contributed by atoms with E-state index in [0.717, 1.165) is 0 Å². The van der Waals surface area contributed by atoms with E-state index in [0.29, 0.717) is 16.1 Å². The normalized spacial score (nSPS) is 14.2. The Morgan fingerprint density at radius 3 is 2.42 bits per heavy atom.